The predicted molar refractivity (Wildman–Crippen MR) is 89.6 cm³/mol. The second-order valence-electron chi connectivity index (χ2n) is 6.02. The molecule has 4 heteroatoms. The van der Waals surface area contributed by atoms with Gasteiger partial charge in [-0.25, -0.2) is 0 Å². The molecule has 1 atom stereocenters. The van der Waals surface area contributed by atoms with Crippen LogP contribution in [0, 0.1) is 5.92 Å². The van der Waals surface area contributed by atoms with Crippen molar-refractivity contribution in [2.45, 2.75) is 46.2 Å². The molecule has 0 aromatic heterocycles. The maximum absolute atomic E-state index is 6.27. The zero-order valence-corrected chi connectivity index (χ0v) is 14.4. The van der Waals surface area contributed by atoms with Gasteiger partial charge < -0.3 is 10.6 Å². The van der Waals surface area contributed by atoms with Gasteiger partial charge in [-0.05, 0) is 37.8 Å². The Labute approximate surface area is 133 Å². The summed E-state index contributed by atoms with van der Waals surface area (Å²) >= 11 is 12.3. The monoisotopic (exact) mass is 316 g/mol. The van der Waals surface area contributed by atoms with Crippen LogP contribution in [0.3, 0.4) is 0 Å². The fourth-order valence-electron chi connectivity index (χ4n) is 2.30. The normalized spacial score (nSPS) is 13.5. The lowest BCUT2D eigenvalue weighted by Gasteiger charge is -2.29. The van der Waals surface area contributed by atoms with Gasteiger partial charge in [-0.15, -0.1) is 0 Å². The highest BCUT2D eigenvalue weighted by molar-refractivity contribution is 6.42. The van der Waals surface area contributed by atoms with Crippen molar-refractivity contribution < 1.29 is 0 Å². The van der Waals surface area contributed by atoms with E-state index in [2.05, 4.69) is 32.6 Å². The van der Waals surface area contributed by atoms with E-state index in [1.54, 1.807) is 6.07 Å². The Morgan fingerprint density at radius 1 is 1.15 bits per heavy atom. The number of halogens is 2. The Bertz CT molecular complexity index is 419. The van der Waals surface area contributed by atoms with Gasteiger partial charge in [0.1, 0.15) is 0 Å². The Morgan fingerprint density at radius 2 is 1.80 bits per heavy atom. The molecule has 0 saturated heterocycles. The molecule has 0 saturated carbocycles. The SMILES string of the molecule is CC(C)CN(CCC(N)c1cccc(Cl)c1Cl)C(C)C. The summed E-state index contributed by atoms with van der Waals surface area (Å²) in [5, 5.41) is 1.16. The van der Waals surface area contributed by atoms with Gasteiger partial charge in [0, 0.05) is 25.2 Å². The zero-order chi connectivity index (χ0) is 15.3. The van der Waals surface area contributed by atoms with Gasteiger partial charge in [0.05, 0.1) is 10.0 Å². The summed E-state index contributed by atoms with van der Waals surface area (Å²) in [5.74, 6) is 0.656. The fraction of sp³-hybridized carbons (Fsp3) is 0.625. The van der Waals surface area contributed by atoms with Crippen LogP contribution in [0.4, 0.5) is 0 Å². The standard InChI is InChI=1S/C16H26Cl2N2/c1-11(2)10-20(12(3)4)9-8-15(19)13-6-5-7-14(17)16(13)18/h5-7,11-12,15H,8-10,19H2,1-4H3. The molecule has 1 unspecified atom stereocenters. The third kappa shape index (κ3) is 5.25. The summed E-state index contributed by atoms with van der Waals surface area (Å²) < 4.78 is 0. The van der Waals surface area contributed by atoms with Crippen LogP contribution in [0.15, 0.2) is 18.2 Å². The molecule has 20 heavy (non-hydrogen) atoms. The van der Waals surface area contributed by atoms with Crippen molar-refractivity contribution in [2.24, 2.45) is 11.7 Å². The lowest BCUT2D eigenvalue weighted by Crippen LogP contribution is -2.36. The van der Waals surface area contributed by atoms with Gasteiger partial charge in [0.15, 0.2) is 0 Å². The first-order valence-electron chi connectivity index (χ1n) is 7.26. The van der Waals surface area contributed by atoms with E-state index in [1.807, 2.05) is 12.1 Å². The first kappa shape index (κ1) is 17.8. The van der Waals surface area contributed by atoms with Crippen molar-refractivity contribution in [1.29, 1.82) is 0 Å². The van der Waals surface area contributed by atoms with Crippen molar-refractivity contribution in [2.75, 3.05) is 13.1 Å². The summed E-state index contributed by atoms with van der Waals surface area (Å²) in [6.45, 7) is 11.0. The number of nitrogens with zero attached hydrogens (tertiary/aromatic N) is 1. The third-order valence-corrected chi connectivity index (χ3v) is 4.27. The van der Waals surface area contributed by atoms with Crippen molar-refractivity contribution in [1.82, 2.24) is 4.90 Å². The van der Waals surface area contributed by atoms with E-state index < -0.39 is 0 Å². The summed E-state index contributed by atoms with van der Waals surface area (Å²) in [6, 6.07) is 6.10. The average Bonchev–Trinajstić information content (AvgIpc) is 2.36. The molecule has 1 aromatic carbocycles. The number of nitrogens with two attached hydrogens (primary N) is 1. The molecular weight excluding hydrogens is 291 g/mol. The van der Waals surface area contributed by atoms with Crippen LogP contribution in [-0.2, 0) is 0 Å². The molecule has 0 heterocycles. The zero-order valence-electron chi connectivity index (χ0n) is 12.9. The van der Waals surface area contributed by atoms with Crippen molar-refractivity contribution in [3.63, 3.8) is 0 Å². The molecule has 1 aromatic rings. The highest BCUT2D eigenvalue weighted by Crippen LogP contribution is 2.30. The smallest absolute Gasteiger partial charge is 0.0640 e. The van der Waals surface area contributed by atoms with E-state index in [9.17, 15) is 0 Å². The molecule has 0 spiro atoms. The molecule has 0 amide bonds. The average molecular weight is 317 g/mol. The van der Waals surface area contributed by atoms with Gasteiger partial charge in [0.2, 0.25) is 0 Å². The van der Waals surface area contributed by atoms with E-state index in [0.29, 0.717) is 22.0 Å². The Morgan fingerprint density at radius 3 is 2.35 bits per heavy atom. The molecule has 0 radical (unpaired) electrons. The maximum Gasteiger partial charge on any atom is 0.0640 e. The Kier molecular flexibility index (Phi) is 7.32. The number of rotatable bonds is 7. The van der Waals surface area contributed by atoms with Gasteiger partial charge in [0.25, 0.3) is 0 Å². The van der Waals surface area contributed by atoms with Crippen LogP contribution >= 0.6 is 23.2 Å². The van der Waals surface area contributed by atoms with Crippen molar-refractivity contribution in [3.8, 4) is 0 Å². The van der Waals surface area contributed by atoms with E-state index in [4.69, 9.17) is 28.9 Å². The molecule has 0 aliphatic heterocycles. The minimum absolute atomic E-state index is 0.0744. The quantitative estimate of drug-likeness (QED) is 0.786. The van der Waals surface area contributed by atoms with Crippen LogP contribution in [0.1, 0.15) is 45.7 Å². The van der Waals surface area contributed by atoms with Crippen LogP contribution < -0.4 is 5.73 Å². The summed E-state index contributed by atoms with van der Waals surface area (Å²) in [7, 11) is 0. The Hall–Kier alpha value is -0.280. The lowest BCUT2D eigenvalue weighted by molar-refractivity contribution is 0.191. The lowest BCUT2D eigenvalue weighted by atomic mass is 10.0. The van der Waals surface area contributed by atoms with Gasteiger partial charge in [-0.2, -0.15) is 0 Å². The molecule has 2 N–H and O–H groups in total. The van der Waals surface area contributed by atoms with E-state index in [1.165, 1.54) is 0 Å². The summed E-state index contributed by atoms with van der Waals surface area (Å²) in [6.07, 6.45) is 0.880. The highest BCUT2D eigenvalue weighted by Gasteiger charge is 2.16. The van der Waals surface area contributed by atoms with Crippen molar-refractivity contribution in [3.05, 3.63) is 33.8 Å². The number of hydrogen-bond acceptors (Lipinski definition) is 2. The summed E-state index contributed by atoms with van der Waals surface area (Å²) in [5.41, 5.74) is 7.21. The largest absolute Gasteiger partial charge is 0.324 e. The minimum Gasteiger partial charge on any atom is -0.324 e. The first-order valence-corrected chi connectivity index (χ1v) is 8.02. The topological polar surface area (TPSA) is 29.3 Å². The molecule has 0 fully saturated rings. The second kappa shape index (κ2) is 8.23. The third-order valence-electron chi connectivity index (χ3n) is 3.44. The van der Waals surface area contributed by atoms with Gasteiger partial charge in [-0.1, -0.05) is 49.2 Å². The van der Waals surface area contributed by atoms with Crippen molar-refractivity contribution >= 4 is 23.2 Å². The molecule has 0 aliphatic carbocycles. The number of benzene rings is 1. The highest BCUT2D eigenvalue weighted by atomic mass is 35.5. The molecule has 2 nitrogen and oxygen atoms in total. The van der Waals surface area contributed by atoms with Crippen LogP contribution in [0.2, 0.25) is 10.0 Å². The predicted octanol–water partition coefficient (Wildman–Crippen LogP) is 4.75. The second-order valence-corrected chi connectivity index (χ2v) is 6.81. The van der Waals surface area contributed by atoms with E-state index >= 15 is 0 Å². The molecule has 0 bridgehead atoms. The van der Waals surface area contributed by atoms with Crippen LogP contribution in [0.25, 0.3) is 0 Å². The molecular formula is C16H26Cl2N2. The molecule has 1 rings (SSSR count). The van der Waals surface area contributed by atoms with Crippen LogP contribution in [-0.4, -0.2) is 24.0 Å². The molecule has 0 aliphatic rings. The van der Waals surface area contributed by atoms with Gasteiger partial charge in [-0.3, -0.25) is 0 Å². The summed E-state index contributed by atoms with van der Waals surface area (Å²) in [4.78, 5) is 2.46. The maximum atomic E-state index is 6.27. The minimum atomic E-state index is -0.0744. The number of hydrogen-bond donors (Lipinski definition) is 1. The Balaban J connectivity index is 2.65. The molecule has 114 valence electrons. The van der Waals surface area contributed by atoms with Gasteiger partial charge >= 0.3 is 0 Å². The van der Waals surface area contributed by atoms with Crippen LogP contribution in [0.5, 0.6) is 0 Å². The fourth-order valence-corrected chi connectivity index (χ4v) is 2.74. The van der Waals surface area contributed by atoms with E-state index in [0.717, 1.165) is 25.1 Å². The van der Waals surface area contributed by atoms with E-state index in [-0.39, 0.29) is 6.04 Å². The first-order chi connectivity index (χ1) is 9.32.